The monoisotopic (exact) mass is 560 g/mol. The van der Waals surface area contributed by atoms with Crippen LogP contribution in [0.4, 0.5) is 11.4 Å². The molecular weight excluding hydrogens is 536 g/mol. The quantitative estimate of drug-likeness (QED) is 0.219. The number of carbonyl (C=O) groups is 3. The van der Waals surface area contributed by atoms with Gasteiger partial charge in [0.15, 0.2) is 6.10 Å². The molecule has 0 aromatic heterocycles. The molecule has 2 fully saturated rings. The second-order valence-corrected chi connectivity index (χ2v) is 10.9. The van der Waals surface area contributed by atoms with E-state index < -0.39 is 41.9 Å². The smallest absolute Gasteiger partial charge is 0.330 e. The van der Waals surface area contributed by atoms with Crippen LogP contribution in [0.15, 0.2) is 115 Å². The SMILES string of the molecule is O=C(OC(c1ccccc1)c1ccccc1)[C@H]1[C@H]2C(=O)N(c3cccc(Cl)c3)C(=O)[C@H]2[C@@H]2C=Cc3ccccc3N21. The molecule has 0 unspecified atom stereocenters. The Morgan fingerprint density at radius 1 is 0.756 bits per heavy atom. The molecule has 2 saturated heterocycles. The number of rotatable bonds is 5. The molecule has 0 aliphatic carbocycles. The lowest BCUT2D eigenvalue weighted by Crippen LogP contribution is -2.49. The van der Waals surface area contributed by atoms with E-state index in [9.17, 15) is 14.4 Å². The highest BCUT2D eigenvalue weighted by Gasteiger charge is 2.65. The molecule has 41 heavy (non-hydrogen) atoms. The van der Waals surface area contributed by atoms with Gasteiger partial charge >= 0.3 is 5.97 Å². The van der Waals surface area contributed by atoms with Crippen molar-refractivity contribution >= 4 is 46.8 Å². The van der Waals surface area contributed by atoms with Gasteiger partial charge in [-0.3, -0.25) is 9.59 Å². The first-order valence-electron chi connectivity index (χ1n) is 13.5. The Labute approximate surface area is 242 Å². The molecule has 4 aromatic rings. The van der Waals surface area contributed by atoms with Crippen LogP contribution in [0.3, 0.4) is 0 Å². The van der Waals surface area contributed by atoms with Crippen molar-refractivity contribution < 1.29 is 19.1 Å². The summed E-state index contributed by atoms with van der Waals surface area (Å²) in [5.74, 6) is -3.02. The van der Waals surface area contributed by atoms with E-state index in [-0.39, 0.29) is 5.91 Å². The number of fused-ring (bicyclic) bond motifs is 5. The maximum Gasteiger partial charge on any atom is 0.330 e. The van der Waals surface area contributed by atoms with Crippen LogP contribution in [0.25, 0.3) is 6.08 Å². The number of amides is 2. The highest BCUT2D eigenvalue weighted by molar-refractivity contribution is 6.31. The number of hydrogen-bond donors (Lipinski definition) is 0. The molecule has 4 aromatic carbocycles. The van der Waals surface area contributed by atoms with Crippen LogP contribution < -0.4 is 9.80 Å². The average Bonchev–Trinajstić information content (AvgIpc) is 3.49. The molecule has 3 aliphatic rings. The second-order valence-electron chi connectivity index (χ2n) is 10.4. The molecular formula is C34H25ClN2O4. The minimum Gasteiger partial charge on any atom is -0.451 e. The van der Waals surface area contributed by atoms with Gasteiger partial charge in [0.1, 0.15) is 6.04 Å². The molecule has 7 rings (SSSR count). The largest absolute Gasteiger partial charge is 0.451 e. The van der Waals surface area contributed by atoms with Crippen LogP contribution in [0, 0.1) is 11.8 Å². The molecule has 3 aliphatic heterocycles. The molecule has 2 amide bonds. The summed E-state index contributed by atoms with van der Waals surface area (Å²) in [6, 6.07) is 31.9. The van der Waals surface area contributed by atoms with Crippen molar-refractivity contribution in [1.29, 1.82) is 0 Å². The van der Waals surface area contributed by atoms with Crippen LogP contribution in [0.1, 0.15) is 22.8 Å². The lowest BCUT2D eigenvalue weighted by Gasteiger charge is -2.36. The highest BCUT2D eigenvalue weighted by atomic mass is 35.5. The first kappa shape index (κ1) is 25.3. The zero-order valence-corrected chi connectivity index (χ0v) is 22.6. The minimum atomic E-state index is -1.01. The van der Waals surface area contributed by atoms with Gasteiger partial charge in [-0.15, -0.1) is 0 Å². The number of imide groups is 1. The summed E-state index contributed by atoms with van der Waals surface area (Å²) in [7, 11) is 0. The van der Waals surface area contributed by atoms with E-state index in [1.165, 1.54) is 4.90 Å². The fourth-order valence-electron chi connectivity index (χ4n) is 6.42. The first-order chi connectivity index (χ1) is 20.0. The van der Waals surface area contributed by atoms with Crippen molar-refractivity contribution in [3.8, 4) is 0 Å². The lowest BCUT2D eigenvalue weighted by atomic mass is 9.88. The van der Waals surface area contributed by atoms with Crippen molar-refractivity contribution in [2.45, 2.75) is 18.2 Å². The van der Waals surface area contributed by atoms with E-state index in [0.717, 1.165) is 22.4 Å². The zero-order chi connectivity index (χ0) is 28.1. The van der Waals surface area contributed by atoms with Crippen LogP contribution in [0.2, 0.25) is 5.02 Å². The standard InChI is InChI=1S/C34H25ClN2O4/c35-24-15-9-16-25(20-24)36-32(38)28-27-19-18-21-10-7-8-17-26(21)37(27)30(29(28)33(36)39)34(40)41-31(22-11-3-1-4-12-22)23-13-5-2-6-14-23/h1-20,27-31H/t27-,28-,29-,30+/m0/s1. The summed E-state index contributed by atoms with van der Waals surface area (Å²) in [4.78, 5) is 45.5. The Bertz CT molecular complexity index is 1650. The molecule has 0 bridgehead atoms. The van der Waals surface area contributed by atoms with Gasteiger partial charge in [-0.25, -0.2) is 9.69 Å². The Morgan fingerprint density at radius 2 is 1.39 bits per heavy atom. The fourth-order valence-corrected chi connectivity index (χ4v) is 6.61. The highest BCUT2D eigenvalue weighted by Crippen LogP contribution is 2.50. The van der Waals surface area contributed by atoms with Crippen LogP contribution >= 0.6 is 11.6 Å². The predicted molar refractivity (Wildman–Crippen MR) is 157 cm³/mol. The van der Waals surface area contributed by atoms with Crippen LogP contribution in [0.5, 0.6) is 0 Å². The van der Waals surface area contributed by atoms with Gasteiger partial charge in [-0.05, 0) is 41.0 Å². The van der Waals surface area contributed by atoms with Gasteiger partial charge in [0.25, 0.3) is 0 Å². The van der Waals surface area contributed by atoms with Crippen molar-refractivity contribution in [3.05, 3.63) is 137 Å². The number of hydrogen-bond acceptors (Lipinski definition) is 5. The third-order valence-electron chi connectivity index (χ3n) is 8.16. The number of para-hydroxylation sites is 1. The lowest BCUT2D eigenvalue weighted by molar-refractivity contribution is -0.151. The van der Waals surface area contributed by atoms with Crippen molar-refractivity contribution in [1.82, 2.24) is 0 Å². The molecule has 0 radical (unpaired) electrons. The molecule has 0 spiro atoms. The number of benzene rings is 4. The Morgan fingerprint density at radius 3 is 2.07 bits per heavy atom. The molecule has 7 heteroatoms. The molecule has 0 N–H and O–H groups in total. The Kier molecular flexibility index (Phi) is 6.20. The summed E-state index contributed by atoms with van der Waals surface area (Å²) >= 11 is 6.22. The second kappa shape index (κ2) is 10.1. The Hall–Kier alpha value is -4.68. The Balaban J connectivity index is 1.32. The van der Waals surface area contributed by atoms with Crippen molar-refractivity contribution in [2.24, 2.45) is 11.8 Å². The van der Waals surface area contributed by atoms with Gasteiger partial charge in [0.05, 0.1) is 23.6 Å². The molecule has 4 atom stereocenters. The van der Waals surface area contributed by atoms with E-state index >= 15 is 0 Å². The number of ether oxygens (including phenoxy) is 1. The zero-order valence-electron chi connectivity index (χ0n) is 21.8. The van der Waals surface area contributed by atoms with E-state index in [1.54, 1.807) is 24.3 Å². The van der Waals surface area contributed by atoms with Gasteiger partial charge in [0.2, 0.25) is 11.8 Å². The van der Waals surface area contributed by atoms with Crippen LogP contribution in [-0.4, -0.2) is 29.9 Å². The number of halogens is 1. The van der Waals surface area contributed by atoms with Gasteiger partial charge in [0, 0.05) is 10.7 Å². The van der Waals surface area contributed by atoms with Crippen molar-refractivity contribution in [3.63, 3.8) is 0 Å². The average molecular weight is 561 g/mol. The van der Waals surface area contributed by atoms with Gasteiger partial charge < -0.3 is 9.64 Å². The van der Waals surface area contributed by atoms with E-state index in [0.29, 0.717) is 10.7 Å². The summed E-state index contributed by atoms with van der Waals surface area (Å²) in [5.41, 5.74) is 3.73. The number of nitrogens with zero attached hydrogens (tertiary/aromatic N) is 2. The summed E-state index contributed by atoms with van der Waals surface area (Å²) < 4.78 is 6.31. The maximum atomic E-state index is 14.4. The number of anilines is 2. The fraction of sp³-hybridized carbons (Fsp3) is 0.147. The van der Waals surface area contributed by atoms with E-state index in [2.05, 4.69) is 0 Å². The van der Waals surface area contributed by atoms with Crippen LogP contribution in [-0.2, 0) is 19.1 Å². The van der Waals surface area contributed by atoms with E-state index in [1.807, 2.05) is 102 Å². The van der Waals surface area contributed by atoms with E-state index in [4.69, 9.17) is 16.3 Å². The van der Waals surface area contributed by atoms with Gasteiger partial charge in [-0.1, -0.05) is 109 Å². The number of carbonyl (C=O) groups excluding carboxylic acids is 3. The molecule has 6 nitrogen and oxygen atoms in total. The maximum absolute atomic E-state index is 14.4. The minimum absolute atomic E-state index is 0.348. The third-order valence-corrected chi connectivity index (χ3v) is 8.40. The number of esters is 1. The normalized spacial score (nSPS) is 22.5. The molecule has 202 valence electrons. The molecule has 0 saturated carbocycles. The summed E-state index contributed by atoms with van der Waals surface area (Å²) in [6.07, 6.45) is 3.19. The first-order valence-corrected chi connectivity index (χ1v) is 13.9. The summed E-state index contributed by atoms with van der Waals surface area (Å²) in [6.45, 7) is 0. The van der Waals surface area contributed by atoms with Crippen molar-refractivity contribution in [2.75, 3.05) is 9.80 Å². The summed E-state index contributed by atoms with van der Waals surface area (Å²) in [5, 5.41) is 0.415. The molecule has 3 heterocycles. The third kappa shape index (κ3) is 4.14. The predicted octanol–water partition coefficient (Wildman–Crippen LogP) is 6.06. The topological polar surface area (TPSA) is 66.9 Å². The van der Waals surface area contributed by atoms with Gasteiger partial charge in [-0.2, -0.15) is 0 Å².